The number of rotatable bonds is 9. The van der Waals surface area contributed by atoms with E-state index in [2.05, 4.69) is 20.8 Å². The van der Waals surface area contributed by atoms with E-state index < -0.39 is 0 Å². The molecule has 142 valence electrons. The molecule has 26 heavy (non-hydrogen) atoms. The first-order valence-corrected chi connectivity index (χ1v) is 8.85. The standard InChI is InChI=1S/C21H29NO4/c1-14(2)10-15(3)13-25-16-6-8-19(18(22)11-16)26-17-7-9-20(23-4)21(12-17)24-5/h6-9,11-12,14-15H,10,13,22H2,1-5H3. The van der Waals surface area contributed by atoms with Crippen molar-refractivity contribution < 1.29 is 18.9 Å². The van der Waals surface area contributed by atoms with Gasteiger partial charge in [0.05, 0.1) is 26.5 Å². The van der Waals surface area contributed by atoms with E-state index in [1.54, 1.807) is 38.5 Å². The van der Waals surface area contributed by atoms with Crippen molar-refractivity contribution in [3.63, 3.8) is 0 Å². The molecule has 0 saturated carbocycles. The van der Waals surface area contributed by atoms with Gasteiger partial charge in [-0.05, 0) is 42.5 Å². The number of anilines is 1. The summed E-state index contributed by atoms with van der Waals surface area (Å²) >= 11 is 0. The highest BCUT2D eigenvalue weighted by molar-refractivity contribution is 5.58. The molecule has 0 bridgehead atoms. The van der Waals surface area contributed by atoms with Crippen LogP contribution in [0.3, 0.4) is 0 Å². The number of hydrogen-bond acceptors (Lipinski definition) is 5. The zero-order chi connectivity index (χ0) is 19.1. The Morgan fingerprint density at radius 1 is 0.846 bits per heavy atom. The Kier molecular flexibility index (Phi) is 7.01. The van der Waals surface area contributed by atoms with E-state index in [0.717, 1.165) is 12.2 Å². The first-order chi connectivity index (χ1) is 12.4. The molecule has 0 radical (unpaired) electrons. The van der Waals surface area contributed by atoms with Crippen LogP contribution in [-0.4, -0.2) is 20.8 Å². The van der Waals surface area contributed by atoms with Crippen molar-refractivity contribution in [2.45, 2.75) is 27.2 Å². The first kappa shape index (κ1) is 19.8. The summed E-state index contributed by atoms with van der Waals surface area (Å²) in [6.07, 6.45) is 1.13. The lowest BCUT2D eigenvalue weighted by Crippen LogP contribution is -2.11. The molecule has 0 aliphatic rings. The van der Waals surface area contributed by atoms with Gasteiger partial charge < -0.3 is 24.7 Å². The van der Waals surface area contributed by atoms with E-state index in [1.165, 1.54) is 0 Å². The fourth-order valence-corrected chi connectivity index (χ4v) is 2.83. The average molecular weight is 359 g/mol. The van der Waals surface area contributed by atoms with Crippen LogP contribution in [0.4, 0.5) is 5.69 Å². The Balaban J connectivity index is 2.03. The second-order valence-electron chi connectivity index (χ2n) is 6.86. The molecule has 0 aliphatic carbocycles. The molecule has 2 N–H and O–H groups in total. The van der Waals surface area contributed by atoms with Crippen molar-refractivity contribution >= 4 is 5.69 Å². The molecule has 0 aromatic heterocycles. The van der Waals surface area contributed by atoms with E-state index in [1.807, 2.05) is 12.1 Å². The maximum absolute atomic E-state index is 6.12. The summed E-state index contributed by atoms with van der Waals surface area (Å²) in [4.78, 5) is 0. The lowest BCUT2D eigenvalue weighted by molar-refractivity contribution is 0.239. The Labute approximate surface area is 156 Å². The molecule has 1 atom stereocenters. The van der Waals surface area contributed by atoms with Gasteiger partial charge in [0.25, 0.3) is 0 Å². The maximum Gasteiger partial charge on any atom is 0.164 e. The topological polar surface area (TPSA) is 62.9 Å². The van der Waals surface area contributed by atoms with E-state index in [0.29, 0.717) is 47.1 Å². The van der Waals surface area contributed by atoms with Crippen LogP contribution in [0.5, 0.6) is 28.7 Å². The summed E-state index contributed by atoms with van der Waals surface area (Å²) in [5, 5.41) is 0. The van der Waals surface area contributed by atoms with Crippen LogP contribution in [0.15, 0.2) is 36.4 Å². The molecule has 5 heteroatoms. The zero-order valence-electron chi connectivity index (χ0n) is 16.2. The van der Waals surface area contributed by atoms with Gasteiger partial charge in [-0.1, -0.05) is 20.8 Å². The van der Waals surface area contributed by atoms with Gasteiger partial charge in [-0.3, -0.25) is 0 Å². The third kappa shape index (κ3) is 5.48. The molecular weight excluding hydrogens is 330 g/mol. The number of methoxy groups -OCH3 is 2. The first-order valence-electron chi connectivity index (χ1n) is 8.85. The Morgan fingerprint density at radius 2 is 1.50 bits per heavy atom. The fraction of sp³-hybridized carbons (Fsp3) is 0.429. The Bertz CT molecular complexity index is 715. The molecular formula is C21H29NO4. The van der Waals surface area contributed by atoms with Gasteiger partial charge in [0.15, 0.2) is 17.2 Å². The van der Waals surface area contributed by atoms with Gasteiger partial charge in [0.2, 0.25) is 0 Å². The maximum atomic E-state index is 6.12. The second-order valence-corrected chi connectivity index (χ2v) is 6.86. The van der Waals surface area contributed by atoms with Gasteiger partial charge in [-0.15, -0.1) is 0 Å². The number of nitrogen functional groups attached to an aromatic ring is 1. The number of ether oxygens (including phenoxy) is 4. The zero-order valence-corrected chi connectivity index (χ0v) is 16.2. The van der Waals surface area contributed by atoms with E-state index in [9.17, 15) is 0 Å². The molecule has 2 rings (SSSR count). The van der Waals surface area contributed by atoms with Crippen molar-refractivity contribution in [1.29, 1.82) is 0 Å². The molecule has 0 aliphatic heterocycles. The molecule has 0 amide bonds. The largest absolute Gasteiger partial charge is 0.493 e. The lowest BCUT2D eigenvalue weighted by Gasteiger charge is -2.16. The number of benzene rings is 2. The highest BCUT2D eigenvalue weighted by Crippen LogP contribution is 2.35. The highest BCUT2D eigenvalue weighted by atomic mass is 16.5. The normalized spacial score (nSPS) is 11.9. The fourth-order valence-electron chi connectivity index (χ4n) is 2.83. The van der Waals surface area contributed by atoms with Gasteiger partial charge in [-0.2, -0.15) is 0 Å². The van der Waals surface area contributed by atoms with Crippen LogP contribution in [0, 0.1) is 11.8 Å². The molecule has 2 aromatic carbocycles. The van der Waals surface area contributed by atoms with Crippen molar-refractivity contribution in [3.05, 3.63) is 36.4 Å². The third-order valence-corrected chi connectivity index (χ3v) is 3.97. The Morgan fingerprint density at radius 3 is 2.12 bits per heavy atom. The molecule has 5 nitrogen and oxygen atoms in total. The Hall–Kier alpha value is -2.56. The smallest absolute Gasteiger partial charge is 0.164 e. The molecule has 0 heterocycles. The molecule has 2 aromatic rings. The minimum Gasteiger partial charge on any atom is -0.493 e. The quantitative estimate of drug-likeness (QED) is 0.628. The van der Waals surface area contributed by atoms with Crippen LogP contribution in [0.25, 0.3) is 0 Å². The second kappa shape index (κ2) is 9.22. The van der Waals surface area contributed by atoms with Crippen LogP contribution in [-0.2, 0) is 0 Å². The summed E-state index contributed by atoms with van der Waals surface area (Å²) in [6.45, 7) is 7.30. The van der Waals surface area contributed by atoms with Crippen LogP contribution >= 0.6 is 0 Å². The van der Waals surface area contributed by atoms with Gasteiger partial charge >= 0.3 is 0 Å². The van der Waals surface area contributed by atoms with Crippen LogP contribution in [0.2, 0.25) is 0 Å². The van der Waals surface area contributed by atoms with Gasteiger partial charge in [0, 0.05) is 12.1 Å². The summed E-state index contributed by atoms with van der Waals surface area (Å²) < 4.78 is 22.2. The van der Waals surface area contributed by atoms with Crippen molar-refractivity contribution in [3.8, 4) is 28.7 Å². The number of hydrogen-bond donors (Lipinski definition) is 1. The minimum absolute atomic E-state index is 0.499. The van der Waals surface area contributed by atoms with Crippen molar-refractivity contribution in [2.24, 2.45) is 11.8 Å². The monoisotopic (exact) mass is 359 g/mol. The SMILES string of the molecule is COc1ccc(Oc2ccc(OCC(C)CC(C)C)cc2N)cc1OC. The van der Waals surface area contributed by atoms with E-state index in [-0.39, 0.29) is 0 Å². The summed E-state index contributed by atoms with van der Waals surface area (Å²) in [6, 6.07) is 10.8. The van der Waals surface area contributed by atoms with Crippen LogP contribution < -0.4 is 24.7 Å². The molecule has 1 unspecified atom stereocenters. The molecule has 0 spiro atoms. The van der Waals surface area contributed by atoms with Crippen molar-refractivity contribution in [2.75, 3.05) is 26.6 Å². The minimum atomic E-state index is 0.499. The predicted molar refractivity (Wildman–Crippen MR) is 105 cm³/mol. The lowest BCUT2D eigenvalue weighted by atomic mass is 10.00. The molecule has 0 fully saturated rings. The molecule has 0 saturated heterocycles. The predicted octanol–water partition coefficient (Wildman–Crippen LogP) is 5.14. The van der Waals surface area contributed by atoms with Crippen LogP contribution in [0.1, 0.15) is 27.2 Å². The average Bonchev–Trinajstić information content (AvgIpc) is 2.61. The summed E-state index contributed by atoms with van der Waals surface area (Å²) in [7, 11) is 3.18. The highest BCUT2D eigenvalue weighted by Gasteiger charge is 2.10. The van der Waals surface area contributed by atoms with Gasteiger partial charge in [0.1, 0.15) is 11.5 Å². The summed E-state index contributed by atoms with van der Waals surface area (Å²) in [5.74, 6) is 4.34. The van der Waals surface area contributed by atoms with Crippen molar-refractivity contribution in [1.82, 2.24) is 0 Å². The summed E-state index contributed by atoms with van der Waals surface area (Å²) in [5.41, 5.74) is 6.64. The van der Waals surface area contributed by atoms with Gasteiger partial charge in [-0.25, -0.2) is 0 Å². The number of nitrogens with two attached hydrogens (primary N) is 1. The van der Waals surface area contributed by atoms with E-state index in [4.69, 9.17) is 24.7 Å². The van der Waals surface area contributed by atoms with E-state index >= 15 is 0 Å². The third-order valence-electron chi connectivity index (χ3n) is 3.97.